The Hall–Kier alpha value is -0.580. The third-order valence-electron chi connectivity index (χ3n) is 0.940. The van der Waals surface area contributed by atoms with Crippen LogP contribution in [0, 0.1) is 0 Å². The zero-order valence-electron chi connectivity index (χ0n) is 6.35. The number of amides is 1. The zero-order valence-corrected chi connectivity index (χ0v) is 7.93. The molecule has 5 heteroatoms. The van der Waals surface area contributed by atoms with Crippen molar-refractivity contribution in [3.05, 3.63) is 0 Å². The second-order valence-electron chi connectivity index (χ2n) is 2.55. The summed E-state index contributed by atoms with van der Waals surface area (Å²) in [6, 6.07) is 0. The molecule has 0 atom stereocenters. The van der Waals surface area contributed by atoms with E-state index in [1.807, 2.05) is 0 Å². The summed E-state index contributed by atoms with van der Waals surface area (Å²) >= 11 is 3.09. The van der Waals surface area contributed by atoms with E-state index in [4.69, 9.17) is 5.11 Å². The van der Waals surface area contributed by atoms with Gasteiger partial charge in [-0.25, -0.2) is 0 Å². The van der Waals surface area contributed by atoms with Crippen molar-refractivity contribution in [1.29, 1.82) is 0 Å². The average Bonchev–Trinajstić information content (AvgIpc) is 1.80. The molecule has 0 saturated heterocycles. The highest BCUT2D eigenvalue weighted by molar-refractivity contribution is 9.10. The highest BCUT2D eigenvalue weighted by Crippen LogP contribution is 2.14. The molecule has 0 fully saturated rings. The minimum Gasteiger partial charge on any atom is -0.480 e. The fraction of sp³-hybridized carbons (Fsp3) is 0.667. The van der Waals surface area contributed by atoms with Crippen molar-refractivity contribution in [3.63, 3.8) is 0 Å². The normalized spacial score (nSPS) is 10.8. The lowest BCUT2D eigenvalue weighted by molar-refractivity contribution is -0.138. The molecule has 0 unspecified atom stereocenters. The molecule has 0 aliphatic carbocycles. The Labute approximate surface area is 73.1 Å². The first-order valence-corrected chi connectivity index (χ1v) is 3.82. The number of nitrogens with one attached hydrogen (secondary N) is 1. The van der Waals surface area contributed by atoms with Crippen LogP contribution in [0.4, 0.5) is 0 Å². The van der Waals surface area contributed by atoms with Gasteiger partial charge >= 0.3 is 5.97 Å². The average molecular weight is 224 g/mol. The number of alkyl halides is 1. The monoisotopic (exact) mass is 223 g/mol. The van der Waals surface area contributed by atoms with Gasteiger partial charge in [0.25, 0.3) is 0 Å². The Morgan fingerprint density at radius 2 is 2.00 bits per heavy atom. The predicted molar refractivity (Wildman–Crippen MR) is 43.7 cm³/mol. The van der Waals surface area contributed by atoms with Crippen LogP contribution < -0.4 is 5.32 Å². The molecule has 1 amide bonds. The molecule has 0 spiro atoms. The van der Waals surface area contributed by atoms with Gasteiger partial charge < -0.3 is 10.4 Å². The quantitative estimate of drug-likeness (QED) is 0.680. The third-order valence-corrected chi connectivity index (χ3v) is 1.30. The molecular formula is C6H10BrNO3. The summed E-state index contributed by atoms with van der Waals surface area (Å²) in [6.07, 6.45) is 0. The summed E-state index contributed by atoms with van der Waals surface area (Å²) in [5.74, 6) is -1.38. The molecule has 11 heavy (non-hydrogen) atoms. The molecule has 0 aliphatic heterocycles. The molecule has 0 aliphatic rings. The van der Waals surface area contributed by atoms with Crippen LogP contribution in [0.15, 0.2) is 0 Å². The molecule has 0 radical (unpaired) electrons. The molecule has 0 aromatic heterocycles. The number of carboxylic acids is 1. The summed E-state index contributed by atoms with van der Waals surface area (Å²) in [5.41, 5.74) is 0. The van der Waals surface area contributed by atoms with E-state index >= 15 is 0 Å². The Bertz CT molecular complexity index is 173. The van der Waals surface area contributed by atoms with Crippen LogP contribution in [0.1, 0.15) is 13.8 Å². The molecule has 0 heterocycles. The molecule has 0 bridgehead atoms. The molecule has 0 rings (SSSR count). The number of halogens is 1. The topological polar surface area (TPSA) is 66.4 Å². The highest BCUT2D eigenvalue weighted by Gasteiger charge is 2.23. The van der Waals surface area contributed by atoms with E-state index in [0.29, 0.717) is 0 Å². The summed E-state index contributed by atoms with van der Waals surface area (Å²) < 4.78 is -0.706. The van der Waals surface area contributed by atoms with Crippen LogP contribution in [0.2, 0.25) is 0 Å². The van der Waals surface area contributed by atoms with Crippen LogP contribution >= 0.6 is 15.9 Å². The Balaban J connectivity index is 3.80. The van der Waals surface area contributed by atoms with Gasteiger partial charge in [0, 0.05) is 0 Å². The first-order valence-electron chi connectivity index (χ1n) is 3.03. The lowest BCUT2D eigenvalue weighted by Gasteiger charge is -2.14. The maximum atomic E-state index is 10.9. The summed E-state index contributed by atoms with van der Waals surface area (Å²) in [4.78, 5) is 20.9. The Morgan fingerprint density at radius 3 is 2.27 bits per heavy atom. The number of carboxylic acid groups (broad SMARTS) is 1. The van der Waals surface area contributed by atoms with Crippen molar-refractivity contribution in [2.75, 3.05) is 6.54 Å². The maximum absolute atomic E-state index is 10.9. The van der Waals surface area contributed by atoms with Crippen molar-refractivity contribution in [1.82, 2.24) is 5.32 Å². The van der Waals surface area contributed by atoms with Crippen LogP contribution in [-0.4, -0.2) is 27.9 Å². The summed E-state index contributed by atoms with van der Waals surface area (Å²) in [7, 11) is 0. The molecule has 0 aromatic rings. The maximum Gasteiger partial charge on any atom is 0.322 e. The summed E-state index contributed by atoms with van der Waals surface area (Å²) in [6.45, 7) is 2.95. The molecule has 0 aromatic carbocycles. The number of rotatable bonds is 3. The molecule has 2 N–H and O–H groups in total. The number of aliphatic carboxylic acids is 1. The third kappa shape index (κ3) is 4.78. The molecular weight excluding hydrogens is 214 g/mol. The van der Waals surface area contributed by atoms with Crippen molar-refractivity contribution in [2.45, 2.75) is 18.2 Å². The molecule has 4 nitrogen and oxygen atoms in total. The largest absolute Gasteiger partial charge is 0.480 e. The van der Waals surface area contributed by atoms with Crippen molar-refractivity contribution in [2.24, 2.45) is 0 Å². The van der Waals surface area contributed by atoms with Gasteiger partial charge in [0.1, 0.15) is 6.54 Å². The highest BCUT2D eigenvalue weighted by atomic mass is 79.9. The Kier molecular flexibility index (Phi) is 3.51. The second kappa shape index (κ2) is 3.71. The van der Waals surface area contributed by atoms with Gasteiger partial charge in [0.15, 0.2) is 0 Å². The van der Waals surface area contributed by atoms with Crippen LogP contribution in [-0.2, 0) is 9.59 Å². The zero-order chi connectivity index (χ0) is 9.07. The lowest BCUT2D eigenvalue weighted by atomic mass is 10.2. The fourth-order valence-electron chi connectivity index (χ4n) is 0.366. The minimum atomic E-state index is -1.05. The van der Waals surface area contributed by atoms with E-state index in [9.17, 15) is 9.59 Å². The van der Waals surface area contributed by atoms with Gasteiger partial charge in [-0.1, -0.05) is 15.9 Å². The van der Waals surface area contributed by atoms with Crippen molar-refractivity contribution in [3.8, 4) is 0 Å². The first kappa shape index (κ1) is 10.4. The summed E-state index contributed by atoms with van der Waals surface area (Å²) in [5, 5.41) is 10.4. The predicted octanol–water partition coefficient (Wildman–Crippen LogP) is 0.361. The fourth-order valence-corrected chi connectivity index (χ4v) is 0.506. The van der Waals surface area contributed by atoms with Gasteiger partial charge in [-0.15, -0.1) is 0 Å². The lowest BCUT2D eigenvalue weighted by Crippen LogP contribution is -2.40. The number of carbonyl (C=O) groups excluding carboxylic acids is 1. The number of carbonyl (C=O) groups is 2. The molecule has 64 valence electrons. The van der Waals surface area contributed by atoms with E-state index in [-0.39, 0.29) is 12.5 Å². The molecule has 0 saturated carbocycles. The van der Waals surface area contributed by atoms with Crippen LogP contribution in [0.5, 0.6) is 0 Å². The van der Waals surface area contributed by atoms with Gasteiger partial charge in [0.2, 0.25) is 5.91 Å². The first-order chi connectivity index (χ1) is 4.84. The number of hydrogen-bond acceptors (Lipinski definition) is 2. The SMILES string of the molecule is CC(C)(Br)C(=O)NCC(=O)O. The van der Waals surface area contributed by atoms with Gasteiger partial charge in [-0.2, -0.15) is 0 Å². The van der Waals surface area contributed by atoms with Gasteiger partial charge in [0.05, 0.1) is 4.32 Å². The van der Waals surface area contributed by atoms with Crippen molar-refractivity contribution >= 4 is 27.8 Å². The van der Waals surface area contributed by atoms with Gasteiger partial charge in [-0.05, 0) is 13.8 Å². The Morgan fingerprint density at radius 1 is 1.55 bits per heavy atom. The van der Waals surface area contributed by atoms with E-state index < -0.39 is 10.3 Å². The van der Waals surface area contributed by atoms with Crippen LogP contribution in [0.25, 0.3) is 0 Å². The van der Waals surface area contributed by atoms with E-state index in [2.05, 4.69) is 21.2 Å². The van der Waals surface area contributed by atoms with E-state index in [1.165, 1.54) is 0 Å². The number of hydrogen-bond donors (Lipinski definition) is 2. The standard InChI is InChI=1S/C6H10BrNO3/c1-6(2,7)5(11)8-3-4(9)10/h3H2,1-2H3,(H,8,11)(H,9,10). The van der Waals surface area contributed by atoms with E-state index in [1.54, 1.807) is 13.8 Å². The second-order valence-corrected chi connectivity index (χ2v) is 4.53. The smallest absolute Gasteiger partial charge is 0.322 e. The van der Waals surface area contributed by atoms with Crippen LogP contribution in [0.3, 0.4) is 0 Å². The van der Waals surface area contributed by atoms with Gasteiger partial charge in [-0.3, -0.25) is 9.59 Å². The van der Waals surface area contributed by atoms with E-state index in [0.717, 1.165) is 0 Å². The van der Waals surface area contributed by atoms with Crippen molar-refractivity contribution < 1.29 is 14.7 Å². The minimum absolute atomic E-state index is 0.333.